The van der Waals surface area contributed by atoms with Crippen molar-refractivity contribution in [2.75, 3.05) is 18.5 Å². The average Bonchev–Trinajstić information content (AvgIpc) is 3.53. The summed E-state index contributed by atoms with van der Waals surface area (Å²) in [6.45, 7) is 4.24. The zero-order chi connectivity index (χ0) is 19.6. The van der Waals surface area contributed by atoms with Crippen molar-refractivity contribution < 1.29 is 4.74 Å². The van der Waals surface area contributed by atoms with Crippen molar-refractivity contribution in [3.05, 3.63) is 60.0 Å². The maximum Gasteiger partial charge on any atom is 0.183 e. The van der Waals surface area contributed by atoms with Gasteiger partial charge in [0.2, 0.25) is 0 Å². The summed E-state index contributed by atoms with van der Waals surface area (Å²) in [4.78, 5) is 5.80. The van der Waals surface area contributed by atoms with E-state index in [1.54, 1.807) is 11.3 Å². The van der Waals surface area contributed by atoms with E-state index >= 15 is 0 Å². The molecule has 1 aromatic carbocycles. The number of nitrogens with one attached hydrogen (secondary N) is 2. The van der Waals surface area contributed by atoms with Crippen molar-refractivity contribution in [3.8, 4) is 21.8 Å². The van der Waals surface area contributed by atoms with Crippen LogP contribution in [0.15, 0.2) is 48.8 Å². The van der Waals surface area contributed by atoms with Gasteiger partial charge in [0.15, 0.2) is 5.13 Å². The summed E-state index contributed by atoms with van der Waals surface area (Å²) in [7, 11) is 0. The minimum absolute atomic E-state index is 0.340. The molecule has 1 saturated heterocycles. The SMILES string of the molecule is Cc1nc(NCc2cn[nH]c2-c2ccccc2)sc1-c1ccn(C2CCOC2)n1. The van der Waals surface area contributed by atoms with Crippen molar-refractivity contribution in [3.63, 3.8) is 0 Å². The van der Waals surface area contributed by atoms with Gasteiger partial charge in [-0.05, 0) is 25.0 Å². The van der Waals surface area contributed by atoms with Crippen LogP contribution in [0.3, 0.4) is 0 Å². The Morgan fingerprint density at radius 2 is 2.17 bits per heavy atom. The summed E-state index contributed by atoms with van der Waals surface area (Å²) >= 11 is 1.63. The van der Waals surface area contributed by atoms with Crippen molar-refractivity contribution in [1.29, 1.82) is 0 Å². The minimum atomic E-state index is 0.340. The summed E-state index contributed by atoms with van der Waals surface area (Å²) in [5.74, 6) is 0. The molecular weight excluding hydrogens is 384 g/mol. The first-order chi connectivity index (χ1) is 14.3. The second-order valence-corrected chi connectivity index (χ2v) is 8.12. The average molecular weight is 407 g/mol. The lowest BCUT2D eigenvalue weighted by Crippen LogP contribution is -2.08. The van der Waals surface area contributed by atoms with Crippen LogP contribution in [0.1, 0.15) is 23.7 Å². The number of nitrogens with zero attached hydrogens (tertiary/aromatic N) is 4. The van der Waals surface area contributed by atoms with Gasteiger partial charge in [0, 0.05) is 24.9 Å². The van der Waals surface area contributed by atoms with Crippen LogP contribution in [0, 0.1) is 6.92 Å². The standard InChI is InChI=1S/C21H22N6OS/c1-14-20(18-7-9-27(26-18)17-8-10-28-13-17)29-21(24-14)22-11-16-12-23-25-19(16)15-5-3-2-4-6-15/h2-7,9,12,17H,8,10-11,13H2,1H3,(H,22,24)(H,23,25). The molecule has 4 heterocycles. The van der Waals surface area contributed by atoms with E-state index < -0.39 is 0 Å². The lowest BCUT2D eigenvalue weighted by atomic mass is 10.1. The Bertz CT molecular complexity index is 1090. The topological polar surface area (TPSA) is 80.7 Å². The minimum Gasteiger partial charge on any atom is -0.379 e. The predicted octanol–water partition coefficient (Wildman–Crippen LogP) is 4.28. The number of ether oxygens (including phenoxy) is 1. The number of aryl methyl sites for hydroxylation is 1. The molecule has 0 spiro atoms. The van der Waals surface area contributed by atoms with Crippen molar-refractivity contribution >= 4 is 16.5 Å². The molecule has 1 aliphatic heterocycles. The van der Waals surface area contributed by atoms with Crippen LogP contribution in [-0.4, -0.2) is 38.2 Å². The smallest absolute Gasteiger partial charge is 0.183 e. The molecule has 1 aliphatic rings. The Labute approximate surface area is 172 Å². The molecule has 0 radical (unpaired) electrons. The van der Waals surface area contributed by atoms with E-state index in [1.807, 2.05) is 42.2 Å². The molecule has 0 aliphatic carbocycles. The van der Waals surface area contributed by atoms with E-state index in [4.69, 9.17) is 14.8 Å². The Morgan fingerprint density at radius 3 is 3.00 bits per heavy atom. The lowest BCUT2D eigenvalue weighted by Gasteiger charge is -2.06. The van der Waals surface area contributed by atoms with Crippen LogP contribution < -0.4 is 5.32 Å². The maximum atomic E-state index is 5.47. The van der Waals surface area contributed by atoms with Gasteiger partial charge in [0.1, 0.15) is 5.69 Å². The number of hydrogen-bond acceptors (Lipinski definition) is 6. The number of aromatic amines is 1. The molecule has 1 fully saturated rings. The van der Waals surface area contributed by atoms with E-state index in [-0.39, 0.29) is 0 Å². The summed E-state index contributed by atoms with van der Waals surface area (Å²) in [6.07, 6.45) is 4.92. The van der Waals surface area contributed by atoms with Crippen LogP contribution in [0.5, 0.6) is 0 Å². The highest BCUT2D eigenvalue weighted by atomic mass is 32.1. The van der Waals surface area contributed by atoms with Crippen molar-refractivity contribution in [2.24, 2.45) is 0 Å². The van der Waals surface area contributed by atoms with Gasteiger partial charge >= 0.3 is 0 Å². The molecule has 7 nitrogen and oxygen atoms in total. The third-order valence-corrected chi connectivity index (χ3v) is 6.27. The van der Waals surface area contributed by atoms with E-state index in [1.165, 1.54) is 0 Å². The second kappa shape index (κ2) is 7.81. The van der Waals surface area contributed by atoms with Crippen LogP contribution in [0.4, 0.5) is 5.13 Å². The fourth-order valence-corrected chi connectivity index (χ4v) is 4.50. The monoisotopic (exact) mass is 406 g/mol. The summed E-state index contributed by atoms with van der Waals surface area (Å²) in [5, 5.41) is 16.4. The molecule has 0 amide bonds. The molecule has 0 bridgehead atoms. The molecule has 5 rings (SSSR count). The van der Waals surface area contributed by atoms with Crippen LogP contribution in [0.25, 0.3) is 21.8 Å². The number of benzene rings is 1. The van der Waals surface area contributed by atoms with E-state index in [0.29, 0.717) is 12.6 Å². The predicted molar refractivity (Wildman–Crippen MR) is 114 cm³/mol. The summed E-state index contributed by atoms with van der Waals surface area (Å²) in [6, 6.07) is 12.6. The molecule has 2 N–H and O–H groups in total. The fraction of sp³-hybridized carbons (Fsp3) is 0.286. The molecular formula is C21H22N6OS. The first-order valence-corrected chi connectivity index (χ1v) is 10.5. The Morgan fingerprint density at radius 1 is 1.28 bits per heavy atom. The molecule has 3 aromatic heterocycles. The van der Waals surface area contributed by atoms with E-state index in [2.05, 4.69) is 33.7 Å². The van der Waals surface area contributed by atoms with Gasteiger partial charge in [0.25, 0.3) is 0 Å². The van der Waals surface area contributed by atoms with Gasteiger partial charge in [-0.3, -0.25) is 9.78 Å². The summed E-state index contributed by atoms with van der Waals surface area (Å²) < 4.78 is 7.50. The van der Waals surface area contributed by atoms with Crippen LogP contribution in [-0.2, 0) is 11.3 Å². The molecule has 0 saturated carbocycles. The van der Waals surface area contributed by atoms with Crippen molar-refractivity contribution in [1.82, 2.24) is 25.0 Å². The Balaban J connectivity index is 1.31. The second-order valence-electron chi connectivity index (χ2n) is 7.12. The number of thiazole rings is 1. The zero-order valence-electron chi connectivity index (χ0n) is 16.1. The molecule has 29 heavy (non-hydrogen) atoms. The first-order valence-electron chi connectivity index (χ1n) is 9.70. The maximum absolute atomic E-state index is 5.47. The van der Waals surface area contributed by atoms with Crippen LogP contribution >= 0.6 is 11.3 Å². The molecule has 148 valence electrons. The van der Waals surface area contributed by atoms with Gasteiger partial charge in [-0.15, -0.1) is 0 Å². The van der Waals surface area contributed by atoms with Gasteiger partial charge < -0.3 is 10.1 Å². The number of hydrogen-bond donors (Lipinski definition) is 2. The van der Waals surface area contributed by atoms with E-state index in [0.717, 1.165) is 57.9 Å². The van der Waals surface area contributed by atoms with Gasteiger partial charge in [-0.1, -0.05) is 41.7 Å². The number of H-pyrrole nitrogens is 1. The number of anilines is 1. The van der Waals surface area contributed by atoms with Gasteiger partial charge in [-0.2, -0.15) is 10.2 Å². The third kappa shape index (κ3) is 3.68. The quantitative estimate of drug-likeness (QED) is 0.500. The first kappa shape index (κ1) is 18.1. The van der Waals surface area contributed by atoms with Gasteiger partial charge in [-0.25, -0.2) is 4.98 Å². The molecule has 1 unspecified atom stereocenters. The number of aromatic nitrogens is 5. The highest BCUT2D eigenvalue weighted by Crippen LogP contribution is 2.33. The Hall–Kier alpha value is -2.97. The fourth-order valence-electron chi connectivity index (χ4n) is 3.57. The highest BCUT2D eigenvalue weighted by molar-refractivity contribution is 7.19. The van der Waals surface area contributed by atoms with Crippen molar-refractivity contribution in [2.45, 2.75) is 25.9 Å². The van der Waals surface area contributed by atoms with Crippen LogP contribution in [0.2, 0.25) is 0 Å². The molecule has 4 aromatic rings. The summed E-state index contributed by atoms with van der Waals surface area (Å²) in [5.41, 5.74) is 5.22. The van der Waals surface area contributed by atoms with Gasteiger partial charge in [0.05, 0.1) is 35.1 Å². The highest BCUT2D eigenvalue weighted by Gasteiger charge is 2.20. The Kier molecular flexibility index (Phi) is 4.87. The lowest BCUT2D eigenvalue weighted by molar-refractivity contribution is 0.184. The normalized spacial score (nSPS) is 16.4. The third-order valence-electron chi connectivity index (χ3n) is 5.13. The van der Waals surface area contributed by atoms with E-state index in [9.17, 15) is 0 Å². The molecule has 1 atom stereocenters. The largest absolute Gasteiger partial charge is 0.379 e. The number of rotatable bonds is 6. The molecule has 8 heteroatoms. The zero-order valence-corrected chi connectivity index (χ0v) is 16.9.